The molecule has 1 atom stereocenters. The molecule has 2 aromatic rings. The van der Waals surface area contributed by atoms with E-state index in [4.69, 9.17) is 23.2 Å². The van der Waals surface area contributed by atoms with E-state index < -0.39 is 17.4 Å². The van der Waals surface area contributed by atoms with Crippen molar-refractivity contribution in [3.8, 4) is 0 Å². The summed E-state index contributed by atoms with van der Waals surface area (Å²) in [6.45, 7) is 1.57. The maximum absolute atomic E-state index is 12.8. The van der Waals surface area contributed by atoms with Crippen LogP contribution in [0.4, 0.5) is 17.5 Å². The first-order valence-electron chi connectivity index (χ1n) is 8.87. The van der Waals surface area contributed by atoms with Gasteiger partial charge in [0.05, 0.1) is 22.2 Å². The first-order valence-corrected chi connectivity index (χ1v) is 9.63. The fourth-order valence-corrected chi connectivity index (χ4v) is 3.81. The lowest BCUT2D eigenvalue weighted by molar-refractivity contribution is -0.123. The molecule has 8 nitrogen and oxygen atoms in total. The summed E-state index contributed by atoms with van der Waals surface area (Å²) in [7, 11) is 0. The van der Waals surface area contributed by atoms with Crippen molar-refractivity contribution in [1.82, 2.24) is 9.97 Å². The number of hydrogen-bond acceptors (Lipinski definition) is 5. The number of nitrogens with zero attached hydrogens (tertiary/aromatic N) is 2. The first-order chi connectivity index (χ1) is 13.4. The van der Waals surface area contributed by atoms with Gasteiger partial charge in [0.2, 0.25) is 17.8 Å². The Labute approximate surface area is 170 Å². The van der Waals surface area contributed by atoms with Crippen LogP contribution in [0, 0.1) is 0 Å². The normalized spacial score (nSPS) is 18.6. The molecule has 146 valence electrons. The molecule has 2 aliphatic heterocycles. The van der Waals surface area contributed by atoms with Gasteiger partial charge in [0.15, 0.2) is 0 Å². The Morgan fingerprint density at radius 1 is 1.21 bits per heavy atom. The van der Waals surface area contributed by atoms with E-state index in [-0.39, 0.29) is 23.7 Å². The zero-order valence-corrected chi connectivity index (χ0v) is 16.2. The standard InChI is InChI=1S/C18H17Cl2N5O3/c19-9-3-4-11(20)12(7-9)21-16(27)10-8-13(26)22-15-14(10)17(28)24-18(23-15)25-5-1-2-6-25/h3-4,7,10H,1-2,5-6,8H2,(H,21,27)(H2,22,23,24,26,28). The molecule has 3 N–H and O–H groups in total. The van der Waals surface area contributed by atoms with Crippen LogP contribution >= 0.6 is 23.2 Å². The summed E-state index contributed by atoms with van der Waals surface area (Å²) in [4.78, 5) is 46.8. The molecule has 1 aromatic carbocycles. The van der Waals surface area contributed by atoms with Crippen LogP contribution in [0.5, 0.6) is 0 Å². The number of H-pyrrole nitrogens is 1. The van der Waals surface area contributed by atoms with Crippen molar-refractivity contribution in [3.05, 3.63) is 44.2 Å². The van der Waals surface area contributed by atoms with E-state index in [0.717, 1.165) is 25.9 Å². The van der Waals surface area contributed by atoms with Gasteiger partial charge in [0.25, 0.3) is 5.56 Å². The zero-order chi connectivity index (χ0) is 19.8. The lowest BCUT2D eigenvalue weighted by Crippen LogP contribution is -2.37. The highest BCUT2D eigenvalue weighted by Gasteiger charge is 2.35. The van der Waals surface area contributed by atoms with E-state index in [1.807, 2.05) is 4.90 Å². The van der Waals surface area contributed by atoms with Crippen LogP contribution in [0.15, 0.2) is 23.0 Å². The van der Waals surface area contributed by atoms with Crippen LogP contribution in [0.2, 0.25) is 10.0 Å². The van der Waals surface area contributed by atoms with E-state index in [2.05, 4.69) is 20.6 Å². The van der Waals surface area contributed by atoms with Crippen molar-refractivity contribution in [2.75, 3.05) is 28.6 Å². The molecule has 4 rings (SSSR count). The Balaban J connectivity index is 1.68. The number of amides is 2. The summed E-state index contributed by atoms with van der Waals surface area (Å²) >= 11 is 12.0. The number of nitrogens with one attached hydrogen (secondary N) is 3. The van der Waals surface area contributed by atoms with Crippen LogP contribution in [-0.2, 0) is 9.59 Å². The van der Waals surface area contributed by atoms with Gasteiger partial charge >= 0.3 is 0 Å². The number of aromatic amines is 1. The monoisotopic (exact) mass is 421 g/mol. The largest absolute Gasteiger partial charge is 0.342 e. The summed E-state index contributed by atoms with van der Waals surface area (Å²) in [5.41, 5.74) is 0.00668. The van der Waals surface area contributed by atoms with Gasteiger partial charge in [-0.2, -0.15) is 4.98 Å². The Hall–Kier alpha value is -2.58. The van der Waals surface area contributed by atoms with Crippen LogP contribution < -0.4 is 21.1 Å². The predicted molar refractivity (Wildman–Crippen MR) is 107 cm³/mol. The maximum Gasteiger partial charge on any atom is 0.258 e. The molecule has 1 fully saturated rings. The highest BCUT2D eigenvalue weighted by molar-refractivity contribution is 6.35. The number of carbonyl (C=O) groups is 2. The molecule has 28 heavy (non-hydrogen) atoms. The molecule has 2 aliphatic rings. The fraction of sp³-hybridized carbons (Fsp3) is 0.333. The number of carbonyl (C=O) groups excluding carboxylic acids is 2. The summed E-state index contributed by atoms with van der Waals surface area (Å²) in [6, 6.07) is 4.65. The number of rotatable bonds is 3. The molecule has 10 heteroatoms. The van der Waals surface area contributed by atoms with Crippen molar-refractivity contribution >= 4 is 52.5 Å². The Kier molecular flexibility index (Phi) is 4.99. The molecular weight excluding hydrogens is 405 g/mol. The molecule has 1 aromatic heterocycles. The molecular formula is C18H17Cl2N5O3. The van der Waals surface area contributed by atoms with Crippen LogP contribution in [0.25, 0.3) is 0 Å². The van der Waals surface area contributed by atoms with Crippen LogP contribution in [-0.4, -0.2) is 34.9 Å². The minimum Gasteiger partial charge on any atom is -0.342 e. The number of halogens is 2. The third-order valence-electron chi connectivity index (χ3n) is 4.85. The molecule has 0 spiro atoms. The molecule has 0 aliphatic carbocycles. The lowest BCUT2D eigenvalue weighted by atomic mass is 9.92. The van der Waals surface area contributed by atoms with E-state index in [1.54, 1.807) is 12.1 Å². The van der Waals surface area contributed by atoms with E-state index in [9.17, 15) is 14.4 Å². The smallest absolute Gasteiger partial charge is 0.258 e. The number of anilines is 3. The second kappa shape index (κ2) is 7.44. The quantitative estimate of drug-likeness (QED) is 0.705. The van der Waals surface area contributed by atoms with Gasteiger partial charge in [-0.1, -0.05) is 23.2 Å². The van der Waals surface area contributed by atoms with Gasteiger partial charge in [0, 0.05) is 24.5 Å². The highest BCUT2D eigenvalue weighted by Crippen LogP contribution is 2.32. The van der Waals surface area contributed by atoms with Crippen LogP contribution in [0.1, 0.15) is 30.7 Å². The first kappa shape index (κ1) is 18.8. The molecule has 0 radical (unpaired) electrons. The zero-order valence-electron chi connectivity index (χ0n) is 14.7. The SMILES string of the molecule is O=C1CC(C(=O)Nc2cc(Cl)ccc2Cl)c2c(nc(N3CCCC3)[nH]c2=O)N1. The number of fused-ring (bicyclic) bond motifs is 1. The molecule has 2 amide bonds. The predicted octanol–water partition coefficient (Wildman–Crippen LogP) is 2.74. The van der Waals surface area contributed by atoms with Gasteiger partial charge in [-0.15, -0.1) is 0 Å². The number of aromatic nitrogens is 2. The maximum atomic E-state index is 12.8. The van der Waals surface area contributed by atoms with E-state index in [0.29, 0.717) is 21.7 Å². The molecule has 3 heterocycles. The van der Waals surface area contributed by atoms with Crippen molar-refractivity contribution in [1.29, 1.82) is 0 Å². The van der Waals surface area contributed by atoms with Crippen molar-refractivity contribution in [2.24, 2.45) is 0 Å². The molecule has 1 saturated heterocycles. The van der Waals surface area contributed by atoms with Crippen molar-refractivity contribution < 1.29 is 9.59 Å². The molecule has 0 bridgehead atoms. The van der Waals surface area contributed by atoms with E-state index >= 15 is 0 Å². The number of hydrogen-bond donors (Lipinski definition) is 3. The summed E-state index contributed by atoms with van der Waals surface area (Å²) in [5.74, 6) is -1.36. The average molecular weight is 422 g/mol. The second-order valence-electron chi connectivity index (χ2n) is 6.76. The summed E-state index contributed by atoms with van der Waals surface area (Å²) < 4.78 is 0. The van der Waals surface area contributed by atoms with Gasteiger partial charge < -0.3 is 15.5 Å². The topological polar surface area (TPSA) is 107 Å². The molecule has 0 saturated carbocycles. The summed E-state index contributed by atoms with van der Waals surface area (Å²) in [6.07, 6.45) is 1.86. The van der Waals surface area contributed by atoms with Crippen LogP contribution in [0.3, 0.4) is 0 Å². The van der Waals surface area contributed by atoms with Gasteiger partial charge in [-0.05, 0) is 31.0 Å². The lowest BCUT2D eigenvalue weighted by Gasteiger charge is -2.25. The Bertz CT molecular complexity index is 1020. The van der Waals surface area contributed by atoms with Gasteiger partial charge in [-0.3, -0.25) is 19.4 Å². The minimum absolute atomic E-state index is 0.124. The Morgan fingerprint density at radius 2 is 1.96 bits per heavy atom. The van der Waals surface area contributed by atoms with Gasteiger partial charge in [-0.25, -0.2) is 0 Å². The minimum atomic E-state index is -0.984. The number of benzene rings is 1. The van der Waals surface area contributed by atoms with Crippen molar-refractivity contribution in [2.45, 2.75) is 25.2 Å². The van der Waals surface area contributed by atoms with E-state index in [1.165, 1.54) is 6.07 Å². The fourth-order valence-electron chi connectivity index (χ4n) is 3.48. The Morgan fingerprint density at radius 3 is 2.71 bits per heavy atom. The van der Waals surface area contributed by atoms with Gasteiger partial charge in [0.1, 0.15) is 5.82 Å². The highest BCUT2D eigenvalue weighted by atomic mass is 35.5. The molecule has 1 unspecified atom stereocenters. The third kappa shape index (κ3) is 3.57. The third-order valence-corrected chi connectivity index (χ3v) is 5.41. The second-order valence-corrected chi connectivity index (χ2v) is 7.61. The van der Waals surface area contributed by atoms with Crippen molar-refractivity contribution in [3.63, 3.8) is 0 Å². The average Bonchev–Trinajstić information content (AvgIpc) is 3.18. The summed E-state index contributed by atoms with van der Waals surface area (Å²) in [5, 5.41) is 5.96.